The van der Waals surface area contributed by atoms with Crippen molar-refractivity contribution in [3.05, 3.63) is 0 Å². The van der Waals surface area contributed by atoms with Gasteiger partial charge in [-0.3, -0.25) is 4.90 Å². The van der Waals surface area contributed by atoms with E-state index < -0.39 is 0 Å². The molecule has 0 spiro atoms. The molecule has 0 aromatic heterocycles. The summed E-state index contributed by atoms with van der Waals surface area (Å²) in [7, 11) is 4.32. The highest BCUT2D eigenvalue weighted by Crippen LogP contribution is 2.11. The van der Waals surface area contributed by atoms with E-state index in [9.17, 15) is 0 Å². The van der Waals surface area contributed by atoms with E-state index in [4.69, 9.17) is 0 Å². The van der Waals surface area contributed by atoms with Gasteiger partial charge < -0.3 is 10.2 Å². The second kappa shape index (κ2) is 8.04. The molecule has 3 heteroatoms. The highest BCUT2D eigenvalue weighted by molar-refractivity contribution is 4.77. The highest BCUT2D eigenvalue weighted by atomic mass is 15.2. The van der Waals surface area contributed by atoms with Crippen LogP contribution in [0.15, 0.2) is 0 Å². The van der Waals surface area contributed by atoms with Crippen LogP contribution in [0.25, 0.3) is 0 Å². The predicted octanol–water partition coefficient (Wildman–Crippen LogP) is 1.40. The molecule has 16 heavy (non-hydrogen) atoms. The molecular formula is C13H29N3. The zero-order chi connectivity index (χ0) is 11.8. The first-order valence-electron chi connectivity index (χ1n) is 6.83. The summed E-state index contributed by atoms with van der Waals surface area (Å²) in [5.41, 5.74) is 0. The van der Waals surface area contributed by atoms with Crippen molar-refractivity contribution in [1.29, 1.82) is 0 Å². The molecule has 1 fully saturated rings. The van der Waals surface area contributed by atoms with Crippen molar-refractivity contribution in [2.75, 3.05) is 46.8 Å². The Hall–Kier alpha value is -0.120. The lowest BCUT2D eigenvalue weighted by Crippen LogP contribution is -2.44. The maximum Gasteiger partial charge on any atom is 0.0221 e. The van der Waals surface area contributed by atoms with Crippen LogP contribution in [0.3, 0.4) is 0 Å². The minimum Gasteiger partial charge on any atom is -0.315 e. The van der Waals surface area contributed by atoms with E-state index in [1.54, 1.807) is 0 Å². The van der Waals surface area contributed by atoms with Gasteiger partial charge in [0.1, 0.15) is 0 Å². The van der Waals surface area contributed by atoms with E-state index in [-0.39, 0.29) is 0 Å². The SMILES string of the molecule is CCCN(CCN(C)C)C1CCCCNC1. The Labute approximate surface area is 101 Å². The molecular weight excluding hydrogens is 198 g/mol. The van der Waals surface area contributed by atoms with E-state index in [0.29, 0.717) is 0 Å². The number of likely N-dealkylation sites (N-methyl/N-ethyl adjacent to an activating group) is 1. The molecule has 96 valence electrons. The summed E-state index contributed by atoms with van der Waals surface area (Å²) in [6.07, 6.45) is 5.38. The van der Waals surface area contributed by atoms with Crippen LogP contribution >= 0.6 is 0 Å². The van der Waals surface area contributed by atoms with Crippen LogP contribution in [0.2, 0.25) is 0 Å². The predicted molar refractivity (Wildman–Crippen MR) is 70.9 cm³/mol. The molecule has 1 heterocycles. The molecule has 1 atom stereocenters. The summed E-state index contributed by atoms with van der Waals surface area (Å²) in [5, 5.41) is 3.57. The summed E-state index contributed by atoms with van der Waals surface area (Å²) in [6, 6.07) is 0.766. The van der Waals surface area contributed by atoms with Gasteiger partial charge in [-0.15, -0.1) is 0 Å². The topological polar surface area (TPSA) is 18.5 Å². The summed E-state index contributed by atoms with van der Waals surface area (Å²) in [4.78, 5) is 4.96. The number of nitrogens with zero attached hydrogens (tertiary/aromatic N) is 2. The maximum absolute atomic E-state index is 3.57. The summed E-state index contributed by atoms with van der Waals surface area (Å²) >= 11 is 0. The number of rotatable bonds is 6. The number of nitrogens with one attached hydrogen (secondary N) is 1. The average molecular weight is 227 g/mol. The van der Waals surface area contributed by atoms with Crippen molar-refractivity contribution in [2.24, 2.45) is 0 Å². The molecule has 1 unspecified atom stereocenters. The maximum atomic E-state index is 3.57. The second-order valence-electron chi connectivity index (χ2n) is 5.19. The van der Waals surface area contributed by atoms with Crippen LogP contribution in [-0.4, -0.2) is 62.7 Å². The zero-order valence-corrected chi connectivity index (χ0v) is 11.3. The second-order valence-corrected chi connectivity index (χ2v) is 5.19. The molecule has 1 aliphatic heterocycles. The van der Waals surface area contributed by atoms with E-state index in [1.807, 2.05) is 0 Å². The van der Waals surface area contributed by atoms with Crippen molar-refractivity contribution in [3.63, 3.8) is 0 Å². The Morgan fingerprint density at radius 1 is 1.12 bits per heavy atom. The molecule has 3 nitrogen and oxygen atoms in total. The molecule has 0 bridgehead atoms. The van der Waals surface area contributed by atoms with Crippen LogP contribution in [0.1, 0.15) is 32.6 Å². The smallest absolute Gasteiger partial charge is 0.0221 e. The average Bonchev–Trinajstić information content (AvgIpc) is 2.52. The molecule has 1 aliphatic rings. The molecule has 0 aliphatic carbocycles. The van der Waals surface area contributed by atoms with Gasteiger partial charge in [-0.05, 0) is 46.4 Å². The molecule has 1 saturated heterocycles. The summed E-state index contributed by atoms with van der Waals surface area (Å²) in [6.45, 7) is 8.33. The van der Waals surface area contributed by atoms with Gasteiger partial charge in [0, 0.05) is 25.7 Å². The van der Waals surface area contributed by atoms with Gasteiger partial charge in [0.2, 0.25) is 0 Å². The third kappa shape index (κ3) is 5.28. The van der Waals surface area contributed by atoms with Crippen LogP contribution in [0, 0.1) is 0 Å². The quantitative estimate of drug-likeness (QED) is 0.740. The van der Waals surface area contributed by atoms with E-state index >= 15 is 0 Å². The van der Waals surface area contributed by atoms with Crippen molar-refractivity contribution in [1.82, 2.24) is 15.1 Å². The molecule has 1 rings (SSSR count). The summed E-state index contributed by atoms with van der Waals surface area (Å²) < 4.78 is 0. The van der Waals surface area contributed by atoms with Gasteiger partial charge >= 0.3 is 0 Å². The molecule has 1 N–H and O–H groups in total. The Balaban J connectivity index is 2.39. The van der Waals surface area contributed by atoms with Gasteiger partial charge in [-0.2, -0.15) is 0 Å². The zero-order valence-electron chi connectivity index (χ0n) is 11.3. The Bertz CT molecular complexity index is 163. The first kappa shape index (κ1) is 13.9. The number of hydrogen-bond donors (Lipinski definition) is 1. The van der Waals surface area contributed by atoms with E-state index in [0.717, 1.165) is 6.04 Å². The summed E-state index contributed by atoms with van der Waals surface area (Å²) in [5.74, 6) is 0. The standard InChI is InChI=1S/C13H29N3/c1-4-9-16(11-10-15(2)3)13-7-5-6-8-14-12-13/h13-14H,4-12H2,1-3H3. The van der Waals surface area contributed by atoms with Crippen LogP contribution in [0.4, 0.5) is 0 Å². The number of hydrogen-bond acceptors (Lipinski definition) is 3. The van der Waals surface area contributed by atoms with E-state index in [1.165, 1.54) is 58.4 Å². The van der Waals surface area contributed by atoms with Crippen LogP contribution in [0.5, 0.6) is 0 Å². The van der Waals surface area contributed by atoms with Crippen molar-refractivity contribution in [2.45, 2.75) is 38.6 Å². The molecule has 0 radical (unpaired) electrons. The van der Waals surface area contributed by atoms with Crippen molar-refractivity contribution < 1.29 is 0 Å². The minimum atomic E-state index is 0.766. The lowest BCUT2D eigenvalue weighted by molar-refractivity contribution is 0.171. The fraction of sp³-hybridized carbons (Fsp3) is 1.00. The van der Waals surface area contributed by atoms with Gasteiger partial charge in [0.25, 0.3) is 0 Å². The first-order chi connectivity index (χ1) is 7.74. The lowest BCUT2D eigenvalue weighted by Gasteiger charge is -2.31. The Kier molecular flexibility index (Phi) is 7.01. The Morgan fingerprint density at radius 2 is 1.94 bits per heavy atom. The lowest BCUT2D eigenvalue weighted by atomic mass is 10.1. The van der Waals surface area contributed by atoms with Crippen LogP contribution < -0.4 is 5.32 Å². The van der Waals surface area contributed by atoms with Crippen molar-refractivity contribution >= 4 is 0 Å². The van der Waals surface area contributed by atoms with E-state index in [2.05, 4.69) is 36.1 Å². The third-order valence-corrected chi connectivity index (χ3v) is 3.38. The molecule has 0 aromatic carbocycles. The molecule has 0 saturated carbocycles. The Morgan fingerprint density at radius 3 is 2.62 bits per heavy atom. The molecule has 0 amide bonds. The van der Waals surface area contributed by atoms with Gasteiger partial charge in [-0.1, -0.05) is 13.3 Å². The van der Waals surface area contributed by atoms with Gasteiger partial charge in [-0.25, -0.2) is 0 Å². The largest absolute Gasteiger partial charge is 0.315 e. The highest BCUT2D eigenvalue weighted by Gasteiger charge is 2.18. The normalized spacial score (nSPS) is 22.7. The molecule has 0 aromatic rings. The monoisotopic (exact) mass is 227 g/mol. The fourth-order valence-corrected chi connectivity index (χ4v) is 2.40. The third-order valence-electron chi connectivity index (χ3n) is 3.38. The fourth-order valence-electron chi connectivity index (χ4n) is 2.40. The van der Waals surface area contributed by atoms with Crippen molar-refractivity contribution in [3.8, 4) is 0 Å². The van der Waals surface area contributed by atoms with Gasteiger partial charge in [0.15, 0.2) is 0 Å². The first-order valence-corrected chi connectivity index (χ1v) is 6.83. The van der Waals surface area contributed by atoms with Crippen LogP contribution in [-0.2, 0) is 0 Å². The van der Waals surface area contributed by atoms with Gasteiger partial charge in [0.05, 0.1) is 0 Å². The minimum absolute atomic E-state index is 0.766.